The summed E-state index contributed by atoms with van der Waals surface area (Å²) in [6.07, 6.45) is -0.883. The molecule has 1 amide bonds. The van der Waals surface area contributed by atoms with Gasteiger partial charge in [0.2, 0.25) is 5.91 Å². The maximum absolute atomic E-state index is 13.1. The van der Waals surface area contributed by atoms with E-state index in [-0.39, 0.29) is 23.7 Å². The average molecular weight is 413 g/mol. The number of anilines is 1. The lowest BCUT2D eigenvalue weighted by Crippen LogP contribution is -2.17. The van der Waals surface area contributed by atoms with Gasteiger partial charge in [0.15, 0.2) is 5.69 Å². The van der Waals surface area contributed by atoms with Gasteiger partial charge in [-0.05, 0) is 25.5 Å². The van der Waals surface area contributed by atoms with Gasteiger partial charge in [0.05, 0.1) is 12.5 Å². The number of esters is 1. The van der Waals surface area contributed by atoms with Crippen LogP contribution in [0.1, 0.15) is 23.8 Å². The minimum atomic E-state index is -1.10. The molecule has 2 aromatic rings. The number of carbonyl (C=O) groups is 2. The molecule has 1 aliphatic carbocycles. The Kier molecular flexibility index (Phi) is 4.96. The number of hydrogen-bond donors (Lipinski definition) is 1. The van der Waals surface area contributed by atoms with Gasteiger partial charge in [-0.1, -0.05) is 39.4 Å². The molecule has 1 aromatic carbocycles. The molecule has 0 radical (unpaired) electrons. The van der Waals surface area contributed by atoms with Crippen molar-refractivity contribution >= 4 is 44.1 Å². The van der Waals surface area contributed by atoms with E-state index in [0.29, 0.717) is 5.01 Å². The van der Waals surface area contributed by atoms with Crippen molar-refractivity contribution in [3.8, 4) is 10.6 Å². The summed E-state index contributed by atoms with van der Waals surface area (Å²) < 4.78 is 18.9. The standard InChI is InChI=1S/C16H14BrFN2O3S/c1-2-23-16(22)12-15(20-13(21)10-7-11(10)18)24-14(19-12)8-4-3-5-9(17)6-8/h3-6,10-11H,2,7H2,1H3,(H,20,21). The number of benzene rings is 1. The highest BCUT2D eigenvalue weighted by Crippen LogP contribution is 2.38. The van der Waals surface area contributed by atoms with E-state index in [9.17, 15) is 14.0 Å². The van der Waals surface area contributed by atoms with E-state index in [1.807, 2.05) is 24.3 Å². The zero-order valence-electron chi connectivity index (χ0n) is 12.7. The average Bonchev–Trinajstić information content (AvgIpc) is 3.13. The second kappa shape index (κ2) is 6.98. The summed E-state index contributed by atoms with van der Waals surface area (Å²) in [7, 11) is 0. The lowest BCUT2D eigenvalue weighted by atomic mass is 10.2. The summed E-state index contributed by atoms with van der Waals surface area (Å²) in [6, 6.07) is 7.43. The molecule has 8 heteroatoms. The van der Waals surface area contributed by atoms with Crippen LogP contribution < -0.4 is 5.32 Å². The van der Waals surface area contributed by atoms with Crippen molar-refractivity contribution in [3.05, 3.63) is 34.4 Å². The molecular formula is C16H14BrFN2O3S. The Morgan fingerprint density at radius 1 is 1.50 bits per heavy atom. The Labute approximate surface area is 150 Å². The molecule has 3 rings (SSSR count). The summed E-state index contributed by atoms with van der Waals surface area (Å²) in [6.45, 7) is 1.89. The summed E-state index contributed by atoms with van der Waals surface area (Å²) in [4.78, 5) is 28.4. The van der Waals surface area contributed by atoms with Gasteiger partial charge in [-0.3, -0.25) is 4.79 Å². The number of halogens is 2. The number of ether oxygens (including phenoxy) is 1. The Bertz CT molecular complexity index is 795. The molecule has 5 nitrogen and oxygen atoms in total. The quantitative estimate of drug-likeness (QED) is 0.752. The fraction of sp³-hybridized carbons (Fsp3) is 0.312. The highest BCUT2D eigenvalue weighted by molar-refractivity contribution is 9.10. The molecule has 2 atom stereocenters. The van der Waals surface area contributed by atoms with Gasteiger partial charge in [-0.15, -0.1) is 0 Å². The van der Waals surface area contributed by atoms with E-state index < -0.39 is 24.0 Å². The molecule has 126 valence electrons. The minimum absolute atomic E-state index is 0.0428. The SMILES string of the molecule is CCOC(=O)c1nc(-c2cccc(Br)c2)sc1NC(=O)C1CC1F. The van der Waals surface area contributed by atoms with E-state index in [1.165, 1.54) is 0 Å². The van der Waals surface area contributed by atoms with Gasteiger partial charge >= 0.3 is 5.97 Å². The second-order valence-corrected chi connectivity index (χ2v) is 7.19. The van der Waals surface area contributed by atoms with Crippen molar-refractivity contribution in [2.75, 3.05) is 11.9 Å². The molecule has 0 spiro atoms. The van der Waals surface area contributed by atoms with Crippen LogP contribution in [0.4, 0.5) is 9.39 Å². The first-order chi connectivity index (χ1) is 11.5. The molecule has 1 N–H and O–H groups in total. The van der Waals surface area contributed by atoms with Gasteiger partial charge in [-0.25, -0.2) is 14.2 Å². The summed E-state index contributed by atoms with van der Waals surface area (Å²) in [5.41, 5.74) is 0.844. The lowest BCUT2D eigenvalue weighted by molar-refractivity contribution is -0.117. The molecule has 0 bridgehead atoms. The monoisotopic (exact) mass is 412 g/mol. The third kappa shape index (κ3) is 3.64. The van der Waals surface area contributed by atoms with Crippen LogP contribution in [0.3, 0.4) is 0 Å². The van der Waals surface area contributed by atoms with Gasteiger partial charge in [0.1, 0.15) is 16.2 Å². The van der Waals surface area contributed by atoms with Crippen molar-refractivity contribution in [2.24, 2.45) is 5.92 Å². The number of nitrogens with zero attached hydrogens (tertiary/aromatic N) is 1. The molecule has 2 unspecified atom stereocenters. The normalized spacial score (nSPS) is 19.0. The maximum Gasteiger partial charge on any atom is 0.360 e. The van der Waals surface area contributed by atoms with E-state index in [4.69, 9.17) is 4.74 Å². The van der Waals surface area contributed by atoms with Crippen LogP contribution >= 0.6 is 27.3 Å². The number of aromatic nitrogens is 1. The smallest absolute Gasteiger partial charge is 0.360 e. The Balaban J connectivity index is 1.92. The highest BCUT2D eigenvalue weighted by atomic mass is 79.9. The van der Waals surface area contributed by atoms with Crippen LogP contribution in [0, 0.1) is 5.92 Å². The number of carbonyl (C=O) groups excluding carboxylic acids is 2. The summed E-state index contributed by atoms with van der Waals surface area (Å²) >= 11 is 4.55. The van der Waals surface area contributed by atoms with E-state index >= 15 is 0 Å². The minimum Gasteiger partial charge on any atom is -0.461 e. The first kappa shape index (κ1) is 17.0. The van der Waals surface area contributed by atoms with Crippen LogP contribution in [0.5, 0.6) is 0 Å². The van der Waals surface area contributed by atoms with Crippen LogP contribution in [0.15, 0.2) is 28.7 Å². The van der Waals surface area contributed by atoms with Crippen LogP contribution in [-0.4, -0.2) is 29.6 Å². The number of rotatable bonds is 5. The van der Waals surface area contributed by atoms with Gasteiger partial charge in [0.25, 0.3) is 0 Å². The predicted molar refractivity (Wildman–Crippen MR) is 92.8 cm³/mol. The zero-order valence-corrected chi connectivity index (χ0v) is 15.1. The van der Waals surface area contributed by atoms with E-state index in [2.05, 4.69) is 26.2 Å². The van der Waals surface area contributed by atoms with Crippen molar-refractivity contribution < 1.29 is 18.7 Å². The number of alkyl halides is 1. The van der Waals surface area contributed by atoms with E-state index in [0.717, 1.165) is 21.4 Å². The first-order valence-corrected chi connectivity index (χ1v) is 8.99. The van der Waals surface area contributed by atoms with Gasteiger partial charge in [0, 0.05) is 10.0 Å². The van der Waals surface area contributed by atoms with Crippen LogP contribution in [0.25, 0.3) is 10.6 Å². The van der Waals surface area contributed by atoms with Crippen LogP contribution in [-0.2, 0) is 9.53 Å². The highest BCUT2D eigenvalue weighted by Gasteiger charge is 2.44. The molecule has 1 heterocycles. The van der Waals surface area contributed by atoms with Crippen molar-refractivity contribution in [2.45, 2.75) is 19.5 Å². The number of amides is 1. The molecule has 1 aromatic heterocycles. The van der Waals surface area contributed by atoms with Crippen molar-refractivity contribution in [3.63, 3.8) is 0 Å². The van der Waals surface area contributed by atoms with Crippen molar-refractivity contribution in [1.82, 2.24) is 4.98 Å². The number of hydrogen-bond acceptors (Lipinski definition) is 5. The number of thiazole rings is 1. The second-order valence-electron chi connectivity index (χ2n) is 5.28. The molecule has 1 fully saturated rings. The molecule has 1 saturated carbocycles. The zero-order chi connectivity index (χ0) is 17.3. The summed E-state index contributed by atoms with van der Waals surface area (Å²) in [5, 5.41) is 3.47. The molecule has 0 aliphatic heterocycles. The van der Waals surface area contributed by atoms with Gasteiger partial charge < -0.3 is 10.1 Å². The maximum atomic E-state index is 13.1. The summed E-state index contributed by atoms with van der Waals surface area (Å²) in [5.74, 6) is -1.69. The molecule has 24 heavy (non-hydrogen) atoms. The topological polar surface area (TPSA) is 68.3 Å². The largest absolute Gasteiger partial charge is 0.461 e. The van der Waals surface area contributed by atoms with Crippen LogP contribution in [0.2, 0.25) is 0 Å². The predicted octanol–water partition coefficient (Wildman–Crippen LogP) is 4.05. The Morgan fingerprint density at radius 3 is 2.88 bits per heavy atom. The molecule has 0 saturated heterocycles. The number of nitrogens with one attached hydrogen (secondary N) is 1. The Morgan fingerprint density at radius 2 is 2.25 bits per heavy atom. The lowest BCUT2D eigenvalue weighted by Gasteiger charge is -2.03. The van der Waals surface area contributed by atoms with Gasteiger partial charge in [-0.2, -0.15) is 0 Å². The third-order valence-electron chi connectivity index (χ3n) is 3.45. The molecular weight excluding hydrogens is 399 g/mol. The first-order valence-electron chi connectivity index (χ1n) is 7.38. The van der Waals surface area contributed by atoms with E-state index in [1.54, 1.807) is 6.92 Å². The van der Waals surface area contributed by atoms with Crippen molar-refractivity contribution in [1.29, 1.82) is 0 Å². The fourth-order valence-corrected chi connectivity index (χ4v) is 3.48. The Hall–Kier alpha value is -1.80. The fourth-order valence-electron chi connectivity index (χ4n) is 2.13. The third-order valence-corrected chi connectivity index (χ3v) is 4.97. The molecule has 1 aliphatic rings.